The van der Waals surface area contributed by atoms with Crippen molar-refractivity contribution in [3.8, 4) is 11.5 Å². The van der Waals surface area contributed by atoms with Crippen LogP contribution in [0.4, 0.5) is 0 Å². The number of hydrogen-bond donors (Lipinski definition) is 2. The van der Waals surface area contributed by atoms with Gasteiger partial charge in [-0.15, -0.1) is 0 Å². The van der Waals surface area contributed by atoms with Crippen molar-refractivity contribution in [2.24, 2.45) is 0 Å². The molecule has 10 heteroatoms. The van der Waals surface area contributed by atoms with Gasteiger partial charge >= 0.3 is 0 Å². The molecule has 2 aromatic rings. The first-order chi connectivity index (χ1) is 11.1. The lowest BCUT2D eigenvalue weighted by atomic mass is 10.1. The molecule has 2 rings (SSSR count). The first-order valence-corrected chi connectivity index (χ1v) is 8.89. The van der Waals surface area contributed by atoms with Crippen LogP contribution in [0.1, 0.15) is 11.1 Å². The lowest BCUT2D eigenvalue weighted by Gasteiger charge is -2.11. The van der Waals surface area contributed by atoms with Gasteiger partial charge in [0.05, 0.1) is 20.1 Å². The lowest BCUT2D eigenvalue weighted by molar-refractivity contribution is 0.475. The Labute approximate surface area is 177 Å². The van der Waals surface area contributed by atoms with Crippen molar-refractivity contribution in [1.82, 2.24) is 0 Å². The van der Waals surface area contributed by atoms with Crippen LogP contribution in [0.2, 0.25) is 40.2 Å². The monoisotopic (exact) mass is 484 g/mol. The highest BCUT2D eigenvalue weighted by Crippen LogP contribution is 2.48. The average Bonchev–Trinajstić information content (AvgIpc) is 2.57. The lowest BCUT2D eigenvalue weighted by Crippen LogP contribution is -1.86. The standard InChI is InChI=1S/C14H4Cl8O2/c15-5-3(6(16)10(20)13(23)9(5)19)1-2-4-7(17)11(21)14(24)12(22)8(4)18/h1-2,23-24H. The van der Waals surface area contributed by atoms with Gasteiger partial charge in [-0.25, -0.2) is 0 Å². The van der Waals surface area contributed by atoms with Crippen molar-refractivity contribution in [2.45, 2.75) is 0 Å². The second kappa shape index (κ2) is 7.77. The Morgan fingerprint density at radius 3 is 0.833 bits per heavy atom. The molecular weight excluding hydrogens is 484 g/mol. The molecule has 0 saturated heterocycles. The van der Waals surface area contributed by atoms with Crippen molar-refractivity contribution >= 4 is 105 Å². The van der Waals surface area contributed by atoms with Gasteiger partial charge in [-0.3, -0.25) is 0 Å². The zero-order valence-electron chi connectivity index (χ0n) is 11.1. The fourth-order valence-electron chi connectivity index (χ4n) is 1.73. The molecule has 0 atom stereocenters. The van der Waals surface area contributed by atoms with Gasteiger partial charge in [-0.2, -0.15) is 0 Å². The van der Waals surface area contributed by atoms with E-state index in [1.165, 1.54) is 12.2 Å². The number of benzene rings is 2. The van der Waals surface area contributed by atoms with Gasteiger partial charge in [-0.05, 0) is 0 Å². The molecule has 0 heterocycles. The molecule has 0 fully saturated rings. The number of rotatable bonds is 2. The van der Waals surface area contributed by atoms with Crippen LogP contribution in [0, 0.1) is 0 Å². The summed E-state index contributed by atoms with van der Waals surface area (Å²) in [5, 5.41) is 18.7. The maximum absolute atomic E-state index is 9.71. The molecule has 0 amide bonds. The molecule has 128 valence electrons. The maximum Gasteiger partial charge on any atom is 0.155 e. The van der Waals surface area contributed by atoms with E-state index >= 15 is 0 Å². The van der Waals surface area contributed by atoms with Crippen LogP contribution in [-0.2, 0) is 0 Å². The predicted molar refractivity (Wildman–Crippen MR) is 105 cm³/mol. The minimum Gasteiger partial charge on any atom is -0.505 e. The molecular formula is C14H4Cl8O2. The van der Waals surface area contributed by atoms with Crippen LogP contribution >= 0.6 is 92.8 Å². The third-order valence-electron chi connectivity index (χ3n) is 2.96. The molecule has 0 saturated carbocycles. The van der Waals surface area contributed by atoms with Gasteiger partial charge in [0, 0.05) is 11.1 Å². The normalized spacial score (nSPS) is 11.5. The Hall–Kier alpha value is 0.1000. The Morgan fingerprint density at radius 1 is 0.417 bits per heavy atom. The number of phenols is 2. The third-order valence-corrected chi connectivity index (χ3v) is 6.39. The van der Waals surface area contributed by atoms with Crippen molar-refractivity contribution in [1.29, 1.82) is 0 Å². The summed E-state index contributed by atoms with van der Waals surface area (Å²) in [6.45, 7) is 0. The number of hydrogen-bond acceptors (Lipinski definition) is 2. The number of aromatic hydroxyl groups is 2. The Morgan fingerprint density at radius 2 is 0.625 bits per heavy atom. The molecule has 0 unspecified atom stereocenters. The molecule has 0 aliphatic carbocycles. The summed E-state index contributed by atoms with van der Waals surface area (Å²) >= 11 is 47.8. The quantitative estimate of drug-likeness (QED) is 0.329. The van der Waals surface area contributed by atoms with Crippen molar-refractivity contribution in [3.63, 3.8) is 0 Å². The van der Waals surface area contributed by atoms with Crippen LogP contribution in [0.3, 0.4) is 0 Å². The Kier molecular flexibility index (Phi) is 6.61. The molecule has 0 spiro atoms. The van der Waals surface area contributed by atoms with E-state index in [0.717, 1.165) is 0 Å². The van der Waals surface area contributed by atoms with Crippen molar-refractivity contribution in [3.05, 3.63) is 51.3 Å². The zero-order chi connectivity index (χ0) is 18.3. The van der Waals surface area contributed by atoms with Gasteiger partial charge in [-0.1, -0.05) is 105 Å². The second-order valence-electron chi connectivity index (χ2n) is 4.37. The highest BCUT2D eigenvalue weighted by Gasteiger charge is 2.20. The molecule has 2 nitrogen and oxygen atoms in total. The van der Waals surface area contributed by atoms with Crippen LogP contribution < -0.4 is 0 Å². The molecule has 2 N–H and O–H groups in total. The fraction of sp³-hybridized carbons (Fsp3) is 0. The minimum atomic E-state index is -0.433. The van der Waals surface area contributed by atoms with Gasteiger partial charge < -0.3 is 10.2 Å². The highest BCUT2D eigenvalue weighted by molar-refractivity contribution is 6.51. The fourth-order valence-corrected chi connectivity index (χ4v) is 3.70. The summed E-state index contributed by atoms with van der Waals surface area (Å²) in [5.41, 5.74) is 0.442. The summed E-state index contributed by atoms with van der Waals surface area (Å²) in [5.74, 6) is -0.866. The smallest absolute Gasteiger partial charge is 0.155 e. The van der Waals surface area contributed by atoms with Gasteiger partial charge in [0.2, 0.25) is 0 Å². The molecule has 0 bridgehead atoms. The van der Waals surface area contributed by atoms with E-state index in [2.05, 4.69) is 0 Å². The van der Waals surface area contributed by atoms with Crippen molar-refractivity contribution in [2.75, 3.05) is 0 Å². The van der Waals surface area contributed by atoms with Crippen LogP contribution in [-0.4, -0.2) is 10.2 Å². The molecule has 0 aromatic heterocycles. The summed E-state index contributed by atoms with van der Waals surface area (Å²) in [7, 11) is 0. The summed E-state index contributed by atoms with van der Waals surface area (Å²) in [6, 6.07) is 0. The van der Waals surface area contributed by atoms with Crippen LogP contribution in [0.15, 0.2) is 0 Å². The zero-order valence-corrected chi connectivity index (χ0v) is 17.1. The summed E-state index contributed by atoms with van der Waals surface area (Å²) < 4.78 is 0. The topological polar surface area (TPSA) is 40.5 Å². The van der Waals surface area contributed by atoms with E-state index in [1.54, 1.807) is 0 Å². The maximum atomic E-state index is 9.71. The van der Waals surface area contributed by atoms with E-state index in [0.29, 0.717) is 0 Å². The van der Waals surface area contributed by atoms with Crippen molar-refractivity contribution < 1.29 is 10.2 Å². The molecule has 0 aliphatic rings. The Balaban J connectivity index is 2.67. The predicted octanol–water partition coefficient (Wildman–Crippen LogP) is 8.50. The summed E-state index contributed by atoms with van der Waals surface area (Å²) in [4.78, 5) is 0. The first-order valence-electron chi connectivity index (χ1n) is 5.87. The van der Waals surface area contributed by atoms with E-state index in [1.807, 2.05) is 0 Å². The second-order valence-corrected chi connectivity index (χ2v) is 7.39. The summed E-state index contributed by atoms with van der Waals surface area (Å²) in [6.07, 6.45) is 2.83. The minimum absolute atomic E-state index is 0.0250. The van der Waals surface area contributed by atoms with E-state index in [-0.39, 0.29) is 51.3 Å². The van der Waals surface area contributed by atoms with E-state index in [9.17, 15) is 10.2 Å². The molecule has 0 aliphatic heterocycles. The van der Waals surface area contributed by atoms with E-state index in [4.69, 9.17) is 92.8 Å². The largest absolute Gasteiger partial charge is 0.505 e. The Bertz CT molecular complexity index is 747. The highest BCUT2D eigenvalue weighted by atomic mass is 35.5. The number of halogens is 8. The van der Waals surface area contributed by atoms with E-state index < -0.39 is 11.5 Å². The van der Waals surface area contributed by atoms with Gasteiger partial charge in [0.25, 0.3) is 0 Å². The molecule has 24 heavy (non-hydrogen) atoms. The molecule has 0 radical (unpaired) electrons. The van der Waals surface area contributed by atoms with Gasteiger partial charge in [0.15, 0.2) is 11.5 Å². The molecule has 2 aromatic carbocycles. The van der Waals surface area contributed by atoms with Crippen LogP contribution in [0.25, 0.3) is 12.2 Å². The van der Waals surface area contributed by atoms with Crippen LogP contribution in [0.5, 0.6) is 11.5 Å². The average molecular weight is 488 g/mol. The first kappa shape index (κ1) is 20.4. The third kappa shape index (κ3) is 3.49. The number of phenolic OH excluding ortho intramolecular Hbond substituents is 2. The van der Waals surface area contributed by atoms with Gasteiger partial charge in [0.1, 0.15) is 20.1 Å². The SMILES string of the molecule is Oc1c(Cl)c(Cl)c(C=Cc2c(Cl)c(Cl)c(O)c(Cl)c2Cl)c(Cl)c1Cl.